The molecule has 0 saturated carbocycles. The van der Waals surface area contributed by atoms with Gasteiger partial charge in [-0.25, -0.2) is 0 Å². The number of Topliss-reactive ketones (excluding diaryl/α,β-unsaturated/α-hetero) is 1. The summed E-state index contributed by atoms with van der Waals surface area (Å²) in [6.07, 6.45) is 6.21. The Bertz CT molecular complexity index is 121. The number of hydrogen-bond donors (Lipinski definition) is 1. The number of unbranched alkanes of at least 4 members (excludes halogenated alkanes) is 2. The molecule has 0 rings (SSSR count). The van der Waals surface area contributed by atoms with Crippen LogP contribution in [-0.2, 0) is 4.79 Å². The molecule has 0 aromatic carbocycles. The van der Waals surface area contributed by atoms with Crippen LogP contribution in [0.5, 0.6) is 0 Å². The number of rotatable bonds is 6. The van der Waals surface area contributed by atoms with Crippen molar-refractivity contribution >= 4 is 5.78 Å². The van der Waals surface area contributed by atoms with E-state index in [1.807, 2.05) is 13.8 Å². The predicted molar refractivity (Wildman–Crippen MR) is 61.4 cm³/mol. The Kier molecular flexibility index (Phi) is 14.5. The van der Waals surface area contributed by atoms with Crippen molar-refractivity contribution in [3.63, 3.8) is 0 Å². The van der Waals surface area contributed by atoms with Crippen LogP contribution in [0.1, 0.15) is 66.2 Å². The van der Waals surface area contributed by atoms with Crippen molar-refractivity contribution in [3.8, 4) is 0 Å². The smallest absolute Gasteiger partial charge is 0.129 e. The first kappa shape index (κ1) is 16.1. The van der Waals surface area contributed by atoms with E-state index in [9.17, 15) is 4.79 Å². The molecule has 86 valence electrons. The van der Waals surface area contributed by atoms with Gasteiger partial charge in [-0.2, -0.15) is 0 Å². The van der Waals surface area contributed by atoms with E-state index >= 15 is 0 Å². The minimum absolute atomic E-state index is 0.0449. The molecule has 0 heterocycles. The summed E-state index contributed by atoms with van der Waals surface area (Å²) < 4.78 is 0. The molecule has 14 heavy (non-hydrogen) atoms. The molecule has 0 saturated heterocycles. The van der Waals surface area contributed by atoms with Crippen LogP contribution in [0.3, 0.4) is 0 Å². The SMILES string of the molecule is CCC(C)=O.CCCCCC(O)CC. The molecular formula is C12H26O2. The van der Waals surface area contributed by atoms with Crippen molar-refractivity contribution < 1.29 is 9.90 Å². The van der Waals surface area contributed by atoms with E-state index in [-0.39, 0.29) is 11.9 Å². The van der Waals surface area contributed by atoms with Crippen LogP contribution in [0.2, 0.25) is 0 Å². The number of ketones is 1. The molecule has 0 aliphatic rings. The molecule has 0 aromatic heterocycles. The minimum atomic E-state index is -0.0449. The largest absolute Gasteiger partial charge is 0.393 e. The molecule has 2 nitrogen and oxygen atoms in total. The maximum Gasteiger partial charge on any atom is 0.129 e. The number of aliphatic hydroxyl groups is 1. The molecule has 1 unspecified atom stereocenters. The zero-order valence-corrected chi connectivity index (χ0v) is 10.2. The van der Waals surface area contributed by atoms with Crippen LogP contribution in [0.15, 0.2) is 0 Å². The molecule has 0 spiro atoms. The van der Waals surface area contributed by atoms with Crippen molar-refractivity contribution in [1.82, 2.24) is 0 Å². The van der Waals surface area contributed by atoms with Gasteiger partial charge in [0.2, 0.25) is 0 Å². The lowest BCUT2D eigenvalue weighted by atomic mass is 10.1. The van der Waals surface area contributed by atoms with Crippen LogP contribution in [0.4, 0.5) is 0 Å². The van der Waals surface area contributed by atoms with E-state index in [1.54, 1.807) is 6.92 Å². The molecule has 0 aliphatic carbocycles. The van der Waals surface area contributed by atoms with Crippen molar-refractivity contribution in [3.05, 3.63) is 0 Å². The Morgan fingerprint density at radius 3 is 2.00 bits per heavy atom. The summed E-state index contributed by atoms with van der Waals surface area (Å²) in [6.45, 7) is 7.64. The fourth-order valence-corrected chi connectivity index (χ4v) is 0.834. The Labute approximate surface area is 88.7 Å². The van der Waals surface area contributed by atoms with Gasteiger partial charge in [0.25, 0.3) is 0 Å². The van der Waals surface area contributed by atoms with Gasteiger partial charge in [-0.15, -0.1) is 0 Å². The van der Waals surface area contributed by atoms with Gasteiger partial charge in [-0.3, -0.25) is 0 Å². The first-order valence-corrected chi connectivity index (χ1v) is 5.75. The highest BCUT2D eigenvalue weighted by Crippen LogP contribution is 2.04. The van der Waals surface area contributed by atoms with Gasteiger partial charge >= 0.3 is 0 Å². The molecule has 0 amide bonds. The highest BCUT2D eigenvalue weighted by atomic mass is 16.3. The number of hydrogen-bond acceptors (Lipinski definition) is 2. The summed E-state index contributed by atoms with van der Waals surface area (Å²) in [6, 6.07) is 0. The predicted octanol–water partition coefficient (Wildman–Crippen LogP) is 3.32. The average Bonchev–Trinajstić information content (AvgIpc) is 2.19. The molecular weight excluding hydrogens is 176 g/mol. The fourth-order valence-electron chi connectivity index (χ4n) is 0.834. The summed E-state index contributed by atoms with van der Waals surface area (Å²) in [5.41, 5.74) is 0. The second kappa shape index (κ2) is 12.6. The lowest BCUT2D eigenvalue weighted by Gasteiger charge is -2.04. The third-order valence-corrected chi connectivity index (χ3v) is 2.11. The van der Waals surface area contributed by atoms with Gasteiger partial charge in [0.1, 0.15) is 5.78 Å². The Morgan fingerprint density at radius 1 is 1.21 bits per heavy atom. The molecule has 0 aromatic rings. The lowest BCUT2D eigenvalue weighted by molar-refractivity contribution is -0.116. The number of carbonyl (C=O) groups is 1. The van der Waals surface area contributed by atoms with E-state index in [2.05, 4.69) is 6.92 Å². The summed E-state index contributed by atoms with van der Waals surface area (Å²) in [4.78, 5) is 9.81. The lowest BCUT2D eigenvalue weighted by Crippen LogP contribution is -2.02. The summed E-state index contributed by atoms with van der Waals surface area (Å²) in [7, 11) is 0. The highest BCUT2D eigenvalue weighted by Gasteiger charge is 1.97. The fraction of sp³-hybridized carbons (Fsp3) is 0.917. The summed E-state index contributed by atoms with van der Waals surface area (Å²) in [5, 5.41) is 9.08. The Hall–Kier alpha value is -0.370. The first-order chi connectivity index (χ1) is 6.58. The standard InChI is InChI=1S/C8H18O.C4H8O/c1-3-5-6-7-8(9)4-2;1-3-4(2)5/h8-9H,3-7H2,1-2H3;3H2,1-2H3. The van der Waals surface area contributed by atoms with Crippen LogP contribution in [0, 0.1) is 0 Å². The molecule has 0 fully saturated rings. The van der Waals surface area contributed by atoms with Crippen LogP contribution in [0.25, 0.3) is 0 Å². The van der Waals surface area contributed by atoms with E-state index in [4.69, 9.17) is 5.11 Å². The monoisotopic (exact) mass is 202 g/mol. The topological polar surface area (TPSA) is 37.3 Å². The van der Waals surface area contributed by atoms with E-state index < -0.39 is 0 Å². The third kappa shape index (κ3) is 17.6. The van der Waals surface area contributed by atoms with E-state index in [1.165, 1.54) is 19.3 Å². The molecule has 2 heteroatoms. The second-order valence-corrected chi connectivity index (χ2v) is 3.61. The summed E-state index contributed by atoms with van der Waals surface area (Å²) in [5.74, 6) is 0.255. The molecule has 0 radical (unpaired) electrons. The van der Waals surface area contributed by atoms with Crippen LogP contribution >= 0.6 is 0 Å². The average molecular weight is 202 g/mol. The van der Waals surface area contributed by atoms with Crippen LogP contribution in [-0.4, -0.2) is 17.0 Å². The second-order valence-electron chi connectivity index (χ2n) is 3.61. The molecule has 0 aliphatic heterocycles. The van der Waals surface area contributed by atoms with Crippen molar-refractivity contribution in [2.24, 2.45) is 0 Å². The number of aliphatic hydroxyl groups excluding tert-OH is 1. The Balaban J connectivity index is 0. The van der Waals surface area contributed by atoms with E-state index in [0.29, 0.717) is 6.42 Å². The highest BCUT2D eigenvalue weighted by molar-refractivity contribution is 5.74. The molecule has 1 N–H and O–H groups in total. The van der Waals surface area contributed by atoms with Gasteiger partial charge in [0.05, 0.1) is 6.10 Å². The zero-order valence-electron chi connectivity index (χ0n) is 10.2. The maximum absolute atomic E-state index is 9.81. The number of carbonyl (C=O) groups excluding carboxylic acids is 1. The van der Waals surface area contributed by atoms with Crippen molar-refractivity contribution in [1.29, 1.82) is 0 Å². The van der Waals surface area contributed by atoms with Crippen molar-refractivity contribution in [2.45, 2.75) is 72.3 Å². The molecule has 1 atom stereocenters. The van der Waals surface area contributed by atoms with Crippen molar-refractivity contribution in [2.75, 3.05) is 0 Å². The van der Waals surface area contributed by atoms with Gasteiger partial charge in [-0.05, 0) is 19.8 Å². The normalized spacial score (nSPS) is 11.5. The van der Waals surface area contributed by atoms with Crippen LogP contribution < -0.4 is 0 Å². The zero-order chi connectivity index (χ0) is 11.4. The van der Waals surface area contributed by atoms with Gasteiger partial charge in [0.15, 0.2) is 0 Å². The third-order valence-electron chi connectivity index (χ3n) is 2.11. The first-order valence-electron chi connectivity index (χ1n) is 5.75. The maximum atomic E-state index is 9.81. The van der Waals surface area contributed by atoms with Gasteiger partial charge in [0, 0.05) is 6.42 Å². The van der Waals surface area contributed by atoms with Gasteiger partial charge < -0.3 is 9.90 Å². The quantitative estimate of drug-likeness (QED) is 0.671. The minimum Gasteiger partial charge on any atom is -0.393 e. The summed E-state index contributed by atoms with van der Waals surface area (Å²) >= 11 is 0. The molecule has 0 bridgehead atoms. The Morgan fingerprint density at radius 2 is 1.71 bits per heavy atom. The van der Waals surface area contributed by atoms with E-state index in [0.717, 1.165) is 12.8 Å². The van der Waals surface area contributed by atoms with Gasteiger partial charge in [-0.1, -0.05) is 40.0 Å².